The molecule has 3 heterocycles. The Kier molecular flexibility index (Phi) is 8.17. The third-order valence-electron chi connectivity index (χ3n) is 9.20. The fourth-order valence-corrected chi connectivity index (χ4v) is 6.41. The van der Waals surface area contributed by atoms with Crippen molar-refractivity contribution in [1.82, 2.24) is 20.2 Å². The van der Waals surface area contributed by atoms with E-state index in [1.54, 1.807) is 43.5 Å². The number of piperidine rings is 1. The molecule has 0 spiro atoms. The van der Waals surface area contributed by atoms with Crippen LogP contribution in [0.2, 0.25) is 0 Å². The van der Waals surface area contributed by atoms with Crippen LogP contribution < -0.4 is 25.2 Å². The number of likely N-dealkylation sites (tertiary alicyclic amines) is 1. The van der Waals surface area contributed by atoms with Gasteiger partial charge in [0.05, 0.1) is 19.0 Å². The van der Waals surface area contributed by atoms with Gasteiger partial charge in [0.25, 0.3) is 5.91 Å². The van der Waals surface area contributed by atoms with Crippen LogP contribution in [0.4, 0.5) is 23.1 Å². The summed E-state index contributed by atoms with van der Waals surface area (Å²) < 4.78 is 5.63. The summed E-state index contributed by atoms with van der Waals surface area (Å²) in [4.78, 5) is 53.3. The van der Waals surface area contributed by atoms with Gasteiger partial charge in [0.2, 0.25) is 17.8 Å². The van der Waals surface area contributed by atoms with Crippen LogP contribution in [-0.2, 0) is 9.59 Å². The van der Waals surface area contributed by atoms with Crippen LogP contribution in [0, 0.1) is 11.8 Å². The molecule has 2 aliphatic heterocycles. The van der Waals surface area contributed by atoms with E-state index in [1.807, 2.05) is 4.90 Å². The lowest BCUT2D eigenvalue weighted by atomic mass is 9.96. The summed E-state index contributed by atoms with van der Waals surface area (Å²) in [6, 6.07) is 5.65. The number of carbonyl (C=O) groups excluding carboxylic acids is 3. The number of benzene rings is 1. The van der Waals surface area contributed by atoms with Gasteiger partial charge < -0.3 is 30.1 Å². The largest absolute Gasteiger partial charge is 0.495 e. The van der Waals surface area contributed by atoms with Crippen molar-refractivity contribution in [3.8, 4) is 5.75 Å². The molecule has 1 saturated heterocycles. The SMILES string of the molecule is COc1cc(C(=O)NCC2CCN(C(=O)C3CC3)CC2)ccc1Nc1ncc2c(n1)N(C1CCCC1)CCC(=O)N2C. The first-order valence-corrected chi connectivity index (χ1v) is 15.3. The van der Waals surface area contributed by atoms with Crippen LogP contribution in [0.15, 0.2) is 24.4 Å². The summed E-state index contributed by atoms with van der Waals surface area (Å²) in [5.74, 6) is 2.52. The van der Waals surface area contributed by atoms with E-state index in [0.29, 0.717) is 66.0 Å². The zero-order valence-corrected chi connectivity index (χ0v) is 24.6. The molecule has 2 N–H and O–H groups in total. The maximum absolute atomic E-state index is 13.0. The Hall–Kier alpha value is -3.89. The van der Waals surface area contributed by atoms with Crippen LogP contribution in [0.5, 0.6) is 5.75 Å². The molecule has 3 fully saturated rings. The first-order valence-electron chi connectivity index (χ1n) is 15.3. The topological polar surface area (TPSA) is 120 Å². The second-order valence-electron chi connectivity index (χ2n) is 12.0. The van der Waals surface area contributed by atoms with Gasteiger partial charge in [-0.15, -0.1) is 0 Å². The van der Waals surface area contributed by atoms with E-state index in [2.05, 4.69) is 20.5 Å². The van der Waals surface area contributed by atoms with Crippen LogP contribution in [-0.4, -0.2) is 79.0 Å². The Balaban J connectivity index is 1.11. The van der Waals surface area contributed by atoms with Crippen molar-refractivity contribution in [2.75, 3.05) is 55.5 Å². The molecule has 42 heavy (non-hydrogen) atoms. The number of nitrogens with zero attached hydrogens (tertiary/aromatic N) is 5. The highest BCUT2D eigenvalue weighted by Crippen LogP contribution is 2.37. The minimum atomic E-state index is -0.155. The van der Waals surface area contributed by atoms with Gasteiger partial charge in [-0.3, -0.25) is 14.4 Å². The number of hydrogen-bond acceptors (Lipinski definition) is 8. The van der Waals surface area contributed by atoms with Gasteiger partial charge in [-0.2, -0.15) is 4.98 Å². The summed E-state index contributed by atoms with van der Waals surface area (Å²) in [5.41, 5.74) is 1.87. The third-order valence-corrected chi connectivity index (χ3v) is 9.20. The molecule has 224 valence electrons. The van der Waals surface area contributed by atoms with Crippen molar-refractivity contribution in [2.45, 2.75) is 63.8 Å². The minimum absolute atomic E-state index is 0.0609. The predicted molar refractivity (Wildman–Crippen MR) is 160 cm³/mol. The summed E-state index contributed by atoms with van der Waals surface area (Å²) in [6.07, 6.45) is 10.6. The number of hydrogen-bond donors (Lipinski definition) is 2. The molecule has 0 unspecified atom stereocenters. The predicted octanol–water partition coefficient (Wildman–Crippen LogP) is 3.72. The minimum Gasteiger partial charge on any atom is -0.495 e. The lowest BCUT2D eigenvalue weighted by Crippen LogP contribution is -2.42. The Bertz CT molecular complexity index is 1330. The maximum Gasteiger partial charge on any atom is 0.251 e. The van der Waals surface area contributed by atoms with Crippen molar-refractivity contribution in [2.24, 2.45) is 11.8 Å². The monoisotopic (exact) mass is 575 g/mol. The van der Waals surface area contributed by atoms with Gasteiger partial charge in [0, 0.05) is 57.2 Å². The molecule has 0 radical (unpaired) electrons. The highest BCUT2D eigenvalue weighted by atomic mass is 16.5. The zero-order chi connectivity index (χ0) is 29.2. The van der Waals surface area contributed by atoms with Crippen LogP contribution >= 0.6 is 0 Å². The van der Waals surface area contributed by atoms with Crippen molar-refractivity contribution in [3.05, 3.63) is 30.0 Å². The number of aromatic nitrogens is 2. The number of rotatable bonds is 8. The van der Waals surface area contributed by atoms with E-state index in [0.717, 1.165) is 57.4 Å². The molecule has 1 aromatic carbocycles. The number of carbonyl (C=O) groups is 3. The molecule has 0 bridgehead atoms. The van der Waals surface area contributed by atoms with Crippen LogP contribution in [0.3, 0.4) is 0 Å². The smallest absolute Gasteiger partial charge is 0.251 e. The molecule has 2 aliphatic carbocycles. The Morgan fingerprint density at radius 1 is 1.05 bits per heavy atom. The number of nitrogens with one attached hydrogen (secondary N) is 2. The van der Waals surface area contributed by atoms with Crippen molar-refractivity contribution in [3.63, 3.8) is 0 Å². The van der Waals surface area contributed by atoms with E-state index < -0.39 is 0 Å². The first kappa shape index (κ1) is 28.2. The quantitative estimate of drug-likeness (QED) is 0.489. The van der Waals surface area contributed by atoms with Gasteiger partial charge in [-0.1, -0.05) is 12.8 Å². The molecular weight excluding hydrogens is 534 g/mol. The molecule has 2 aromatic rings. The van der Waals surface area contributed by atoms with Crippen LogP contribution in [0.1, 0.15) is 68.1 Å². The number of amides is 3. The summed E-state index contributed by atoms with van der Waals surface area (Å²) in [7, 11) is 3.35. The van der Waals surface area contributed by atoms with E-state index in [1.165, 1.54) is 12.8 Å². The van der Waals surface area contributed by atoms with Gasteiger partial charge in [0.15, 0.2) is 5.82 Å². The number of fused-ring (bicyclic) bond motifs is 1. The Morgan fingerprint density at radius 2 is 1.81 bits per heavy atom. The second-order valence-corrected chi connectivity index (χ2v) is 12.0. The summed E-state index contributed by atoms with van der Waals surface area (Å²) in [5, 5.41) is 6.33. The molecule has 0 atom stereocenters. The standard InChI is InChI=1S/C31H41N7O4/c1-36-25-19-33-31(35-28(25)38(16-13-27(36)39)23-5-3-4-6-23)34-24-10-9-22(17-26(24)42-2)29(40)32-18-20-11-14-37(15-12-20)30(41)21-7-8-21/h9-10,17,19-21,23H,3-8,11-16,18H2,1-2H3,(H,32,40)(H,33,34,35). The van der Waals surface area contributed by atoms with Crippen molar-refractivity contribution in [1.29, 1.82) is 0 Å². The molecule has 4 aliphatic rings. The van der Waals surface area contributed by atoms with Gasteiger partial charge in [0.1, 0.15) is 11.4 Å². The summed E-state index contributed by atoms with van der Waals surface area (Å²) in [6.45, 7) is 2.78. The average molecular weight is 576 g/mol. The fraction of sp³-hybridized carbons (Fsp3) is 0.581. The van der Waals surface area contributed by atoms with Gasteiger partial charge in [-0.25, -0.2) is 4.98 Å². The van der Waals surface area contributed by atoms with E-state index in [-0.39, 0.29) is 17.7 Å². The number of anilines is 4. The number of methoxy groups -OCH3 is 1. The third kappa shape index (κ3) is 6.00. The van der Waals surface area contributed by atoms with E-state index in [9.17, 15) is 14.4 Å². The molecule has 11 nitrogen and oxygen atoms in total. The molecule has 3 amide bonds. The van der Waals surface area contributed by atoms with E-state index >= 15 is 0 Å². The number of ether oxygens (including phenoxy) is 1. The van der Waals surface area contributed by atoms with Crippen molar-refractivity contribution < 1.29 is 19.1 Å². The molecule has 2 saturated carbocycles. The first-order chi connectivity index (χ1) is 20.4. The van der Waals surface area contributed by atoms with Crippen LogP contribution in [0.25, 0.3) is 0 Å². The van der Waals surface area contributed by atoms with Crippen molar-refractivity contribution >= 4 is 40.9 Å². The zero-order valence-electron chi connectivity index (χ0n) is 24.6. The Morgan fingerprint density at radius 3 is 2.52 bits per heavy atom. The summed E-state index contributed by atoms with van der Waals surface area (Å²) >= 11 is 0. The maximum atomic E-state index is 13.0. The van der Waals surface area contributed by atoms with E-state index in [4.69, 9.17) is 9.72 Å². The highest BCUT2D eigenvalue weighted by Gasteiger charge is 2.35. The average Bonchev–Trinajstić information content (AvgIpc) is 3.75. The van der Waals surface area contributed by atoms with Gasteiger partial charge >= 0.3 is 0 Å². The lowest BCUT2D eigenvalue weighted by molar-refractivity contribution is -0.133. The molecular formula is C31H41N7O4. The second kappa shape index (κ2) is 12.1. The highest BCUT2D eigenvalue weighted by molar-refractivity contribution is 5.97. The molecule has 1 aromatic heterocycles. The Labute approximate surface area is 247 Å². The lowest BCUT2D eigenvalue weighted by Gasteiger charge is -2.32. The fourth-order valence-electron chi connectivity index (χ4n) is 6.41. The van der Waals surface area contributed by atoms with Gasteiger partial charge in [-0.05, 0) is 62.6 Å². The molecule has 11 heteroatoms. The normalized spacial score (nSPS) is 19.9. The molecule has 6 rings (SSSR count).